The van der Waals surface area contributed by atoms with Gasteiger partial charge in [0.05, 0.1) is 5.69 Å². The molecular weight excluding hydrogens is 252 g/mol. The second-order valence-electron chi connectivity index (χ2n) is 4.11. The topological polar surface area (TPSA) is 104 Å². The second-order valence-corrected chi connectivity index (χ2v) is 4.11. The van der Waals surface area contributed by atoms with E-state index in [9.17, 15) is 0 Å². The van der Waals surface area contributed by atoms with E-state index >= 15 is 0 Å². The average Bonchev–Trinajstić information content (AvgIpc) is 2.92. The van der Waals surface area contributed by atoms with Crippen LogP contribution in [0.5, 0.6) is 0 Å². The Morgan fingerprint density at radius 2 is 1.85 bits per heavy atom. The molecule has 20 heavy (non-hydrogen) atoms. The van der Waals surface area contributed by atoms with Gasteiger partial charge in [-0.25, -0.2) is 4.98 Å². The van der Waals surface area contributed by atoms with Gasteiger partial charge in [-0.2, -0.15) is 20.1 Å². The van der Waals surface area contributed by atoms with E-state index in [1.54, 1.807) is 6.07 Å². The Morgan fingerprint density at radius 3 is 2.50 bits per heavy atom. The highest BCUT2D eigenvalue weighted by Gasteiger charge is 2.15. The Bertz CT molecular complexity index is 880. The van der Waals surface area contributed by atoms with E-state index in [1.165, 1.54) is 4.52 Å². The second kappa shape index (κ2) is 4.38. The summed E-state index contributed by atoms with van der Waals surface area (Å²) in [6, 6.07) is 15.0. The molecule has 3 aromatic rings. The molecule has 6 heteroatoms. The minimum absolute atomic E-state index is 0.0111. The van der Waals surface area contributed by atoms with E-state index < -0.39 is 0 Å². The van der Waals surface area contributed by atoms with Crippen LogP contribution in [0.25, 0.3) is 16.9 Å². The summed E-state index contributed by atoms with van der Waals surface area (Å²) in [6.45, 7) is 0. The molecule has 0 unspecified atom stereocenters. The first-order valence-electron chi connectivity index (χ1n) is 5.79. The molecule has 0 aliphatic heterocycles. The Balaban J connectivity index is 2.31. The molecule has 0 saturated heterocycles. The third kappa shape index (κ3) is 1.64. The van der Waals surface area contributed by atoms with Gasteiger partial charge in [0.25, 0.3) is 0 Å². The lowest BCUT2D eigenvalue weighted by Gasteiger charge is -2.01. The van der Waals surface area contributed by atoms with Gasteiger partial charge in [0, 0.05) is 11.6 Å². The predicted molar refractivity (Wildman–Crippen MR) is 72.3 cm³/mol. The van der Waals surface area contributed by atoms with Crippen molar-refractivity contribution in [2.45, 2.75) is 0 Å². The number of rotatable bonds is 1. The van der Waals surface area contributed by atoms with Crippen LogP contribution in [0.4, 0.5) is 5.82 Å². The van der Waals surface area contributed by atoms with Crippen LogP contribution < -0.4 is 5.73 Å². The van der Waals surface area contributed by atoms with Gasteiger partial charge in [0.15, 0.2) is 11.3 Å². The van der Waals surface area contributed by atoms with E-state index in [4.69, 9.17) is 16.3 Å². The summed E-state index contributed by atoms with van der Waals surface area (Å²) in [7, 11) is 0. The van der Waals surface area contributed by atoms with Crippen LogP contribution in [0.1, 0.15) is 11.3 Å². The zero-order chi connectivity index (χ0) is 14.1. The third-order valence-electron chi connectivity index (χ3n) is 2.93. The molecule has 6 nitrogen and oxygen atoms in total. The summed E-state index contributed by atoms with van der Waals surface area (Å²) < 4.78 is 1.38. The first-order chi connectivity index (χ1) is 9.74. The van der Waals surface area contributed by atoms with Gasteiger partial charge in [-0.05, 0) is 0 Å². The quantitative estimate of drug-likeness (QED) is 0.717. The van der Waals surface area contributed by atoms with Gasteiger partial charge in [0.1, 0.15) is 23.5 Å². The van der Waals surface area contributed by atoms with Crippen molar-refractivity contribution in [2.75, 3.05) is 5.73 Å². The molecule has 0 saturated carbocycles. The Morgan fingerprint density at radius 1 is 1.10 bits per heavy atom. The van der Waals surface area contributed by atoms with Crippen molar-refractivity contribution in [3.63, 3.8) is 0 Å². The fraction of sp³-hybridized carbons (Fsp3) is 0. The van der Waals surface area contributed by atoms with Gasteiger partial charge in [-0.3, -0.25) is 0 Å². The number of anilines is 1. The fourth-order valence-electron chi connectivity index (χ4n) is 1.97. The third-order valence-corrected chi connectivity index (χ3v) is 2.93. The first kappa shape index (κ1) is 11.7. The minimum Gasteiger partial charge on any atom is -0.382 e. The van der Waals surface area contributed by atoms with Crippen LogP contribution in [0.15, 0.2) is 36.4 Å². The number of aromatic nitrogens is 3. The Labute approximate surface area is 114 Å². The normalized spacial score (nSPS) is 10.1. The van der Waals surface area contributed by atoms with E-state index in [0.29, 0.717) is 11.3 Å². The molecule has 2 N–H and O–H groups in total. The van der Waals surface area contributed by atoms with Crippen molar-refractivity contribution in [2.24, 2.45) is 0 Å². The average molecular weight is 260 g/mol. The number of hydrogen-bond donors (Lipinski definition) is 1. The van der Waals surface area contributed by atoms with Crippen molar-refractivity contribution in [3.05, 3.63) is 47.7 Å². The van der Waals surface area contributed by atoms with E-state index in [-0.39, 0.29) is 17.1 Å². The van der Waals surface area contributed by atoms with E-state index in [1.807, 2.05) is 42.5 Å². The predicted octanol–water partition coefficient (Wildman–Crippen LogP) is 1.72. The fourth-order valence-corrected chi connectivity index (χ4v) is 1.97. The van der Waals surface area contributed by atoms with E-state index in [0.717, 1.165) is 5.56 Å². The van der Waals surface area contributed by atoms with Gasteiger partial charge >= 0.3 is 0 Å². The van der Waals surface area contributed by atoms with Crippen LogP contribution >= 0.6 is 0 Å². The summed E-state index contributed by atoms with van der Waals surface area (Å²) in [5, 5.41) is 22.4. The molecule has 0 fully saturated rings. The summed E-state index contributed by atoms with van der Waals surface area (Å²) >= 11 is 0. The molecule has 0 bridgehead atoms. The lowest BCUT2D eigenvalue weighted by molar-refractivity contribution is 0.947. The Hall–Kier alpha value is -3.38. The number of hydrogen-bond acceptors (Lipinski definition) is 5. The molecule has 0 spiro atoms. The smallest absolute Gasteiger partial charge is 0.164 e. The lowest BCUT2D eigenvalue weighted by atomic mass is 10.2. The standard InChI is InChI=1S/C14H8N6/c15-7-10-12(8-16)18-13-6-11(19-20(13)14(10)17)9-4-2-1-3-5-9/h1-6H,17H2. The first-order valence-corrected chi connectivity index (χ1v) is 5.79. The van der Waals surface area contributed by atoms with Crippen molar-refractivity contribution < 1.29 is 0 Å². The molecule has 0 aliphatic carbocycles. The van der Waals surface area contributed by atoms with E-state index in [2.05, 4.69) is 10.1 Å². The molecule has 0 aliphatic rings. The van der Waals surface area contributed by atoms with Crippen LogP contribution in [-0.2, 0) is 0 Å². The molecule has 2 heterocycles. The summed E-state index contributed by atoms with van der Waals surface area (Å²) in [6.07, 6.45) is 0. The number of nitrogens with two attached hydrogens (primary N) is 1. The molecule has 94 valence electrons. The molecule has 1 aromatic carbocycles. The monoisotopic (exact) mass is 260 g/mol. The molecule has 0 atom stereocenters. The molecule has 3 rings (SSSR count). The number of nitriles is 2. The highest BCUT2D eigenvalue weighted by atomic mass is 15.3. The van der Waals surface area contributed by atoms with Crippen molar-refractivity contribution >= 4 is 11.5 Å². The zero-order valence-corrected chi connectivity index (χ0v) is 10.3. The van der Waals surface area contributed by atoms with Crippen molar-refractivity contribution in [1.29, 1.82) is 10.5 Å². The van der Waals surface area contributed by atoms with Gasteiger partial charge in [-0.15, -0.1) is 0 Å². The number of nitrogen functional groups attached to an aromatic ring is 1. The zero-order valence-electron chi connectivity index (χ0n) is 10.3. The van der Waals surface area contributed by atoms with Crippen LogP contribution in [0, 0.1) is 22.7 Å². The molecule has 2 aromatic heterocycles. The maximum Gasteiger partial charge on any atom is 0.164 e. The minimum atomic E-state index is 0.0111. The van der Waals surface area contributed by atoms with Gasteiger partial charge in [-0.1, -0.05) is 30.3 Å². The lowest BCUT2D eigenvalue weighted by Crippen LogP contribution is -2.06. The molecular formula is C14H8N6. The largest absolute Gasteiger partial charge is 0.382 e. The molecule has 0 radical (unpaired) electrons. The summed E-state index contributed by atoms with van der Waals surface area (Å²) in [5.74, 6) is 0.122. The highest BCUT2D eigenvalue weighted by Crippen LogP contribution is 2.22. The number of nitrogens with zero attached hydrogens (tertiary/aromatic N) is 5. The highest BCUT2D eigenvalue weighted by molar-refractivity contribution is 5.68. The van der Waals surface area contributed by atoms with Gasteiger partial charge in [0.2, 0.25) is 0 Å². The maximum absolute atomic E-state index is 9.05. The number of benzene rings is 1. The maximum atomic E-state index is 9.05. The van der Waals surface area contributed by atoms with Crippen LogP contribution in [0.2, 0.25) is 0 Å². The Kier molecular flexibility index (Phi) is 2.56. The molecule has 0 amide bonds. The van der Waals surface area contributed by atoms with Crippen LogP contribution in [-0.4, -0.2) is 14.6 Å². The summed E-state index contributed by atoms with van der Waals surface area (Å²) in [5.41, 5.74) is 7.98. The van der Waals surface area contributed by atoms with Crippen molar-refractivity contribution in [1.82, 2.24) is 14.6 Å². The SMILES string of the molecule is N#Cc1nc2cc(-c3ccccc3)nn2c(N)c1C#N. The number of fused-ring (bicyclic) bond motifs is 1. The van der Waals surface area contributed by atoms with Gasteiger partial charge < -0.3 is 5.73 Å². The van der Waals surface area contributed by atoms with Crippen molar-refractivity contribution in [3.8, 4) is 23.4 Å². The van der Waals surface area contributed by atoms with Crippen LogP contribution in [0.3, 0.4) is 0 Å². The summed E-state index contributed by atoms with van der Waals surface area (Å²) in [4.78, 5) is 4.11.